The van der Waals surface area contributed by atoms with E-state index in [0.717, 1.165) is 30.8 Å². The number of carboxylic acids is 1. The number of piperazine rings is 1. The number of aliphatic carboxylic acids is 1. The summed E-state index contributed by atoms with van der Waals surface area (Å²) in [6, 6.07) is 21.4. The summed E-state index contributed by atoms with van der Waals surface area (Å²) in [7, 11) is 0. The van der Waals surface area contributed by atoms with Crippen molar-refractivity contribution in [2.45, 2.75) is 75.0 Å². The second-order valence-corrected chi connectivity index (χ2v) is 15.2. The maximum atomic E-state index is 13.3. The van der Waals surface area contributed by atoms with Gasteiger partial charge in [-0.05, 0) is 24.0 Å². The van der Waals surface area contributed by atoms with Crippen molar-refractivity contribution in [3.05, 3.63) is 78.1 Å². The lowest BCUT2D eigenvalue weighted by atomic mass is 9.91. The molecule has 17 nitrogen and oxygen atoms in total. The summed E-state index contributed by atoms with van der Waals surface area (Å²) in [4.78, 5) is 55.3. The number of hydrogen-bond acceptors (Lipinski definition) is 12. The number of nitrogens with one attached hydrogen (secondary N) is 3. The van der Waals surface area contributed by atoms with E-state index < -0.39 is 36.4 Å². The highest BCUT2D eigenvalue weighted by molar-refractivity contribution is 5.85. The first-order chi connectivity index (χ1) is 29.3. The Kier molecular flexibility index (Phi) is 14.6. The third kappa shape index (κ3) is 11.0. The Balaban J connectivity index is 0.000000819. The number of fused-ring (bicyclic) bond motifs is 1. The van der Waals surface area contributed by atoms with Crippen molar-refractivity contribution in [1.29, 1.82) is 5.26 Å². The van der Waals surface area contributed by atoms with Crippen LogP contribution in [-0.2, 0) is 9.59 Å². The van der Waals surface area contributed by atoms with Crippen LogP contribution in [0.1, 0.15) is 55.7 Å². The minimum atomic E-state index is -5.08. The van der Waals surface area contributed by atoms with E-state index in [1.165, 1.54) is 0 Å². The number of aliphatic hydroxyl groups excluding tert-OH is 2. The van der Waals surface area contributed by atoms with Crippen LogP contribution in [0.2, 0.25) is 0 Å². The van der Waals surface area contributed by atoms with E-state index in [2.05, 4.69) is 56.1 Å². The van der Waals surface area contributed by atoms with Crippen molar-refractivity contribution in [3.8, 4) is 6.07 Å². The number of benzene rings is 2. The molecule has 326 valence electrons. The molecule has 0 bridgehead atoms. The van der Waals surface area contributed by atoms with Gasteiger partial charge >= 0.3 is 18.2 Å². The van der Waals surface area contributed by atoms with Crippen LogP contribution in [0.15, 0.2) is 67.0 Å². The first-order valence-corrected chi connectivity index (χ1v) is 20.2. The predicted molar refractivity (Wildman–Crippen MR) is 218 cm³/mol. The number of urea groups is 1. The van der Waals surface area contributed by atoms with E-state index in [9.17, 15) is 33.0 Å². The molecule has 2 aliphatic heterocycles. The molecule has 3 fully saturated rings. The Morgan fingerprint density at radius 1 is 0.934 bits per heavy atom. The van der Waals surface area contributed by atoms with Crippen LogP contribution < -0.4 is 20.9 Å². The first-order valence-electron chi connectivity index (χ1n) is 20.2. The molecule has 1 aliphatic carbocycles. The molecule has 0 radical (unpaired) electrons. The molecule has 2 aromatic carbocycles. The minimum absolute atomic E-state index is 0.0114. The number of nitriles is 1. The van der Waals surface area contributed by atoms with Crippen molar-refractivity contribution in [1.82, 2.24) is 40.0 Å². The Labute approximate surface area is 350 Å². The predicted octanol–water partition coefficient (Wildman–Crippen LogP) is 3.08. The molecule has 61 heavy (non-hydrogen) atoms. The summed E-state index contributed by atoms with van der Waals surface area (Å²) in [5, 5.41) is 47.8. The number of carbonyl (C=O) groups excluding carboxylic acids is 2. The van der Waals surface area contributed by atoms with Crippen LogP contribution in [0.4, 0.5) is 29.7 Å². The van der Waals surface area contributed by atoms with Gasteiger partial charge in [0.1, 0.15) is 12.2 Å². The number of nitrogens with zero attached hydrogens (tertiary/aromatic N) is 8. The highest BCUT2D eigenvalue weighted by Crippen LogP contribution is 2.35. The number of carbonyl (C=O) groups is 3. The molecular weight excluding hydrogens is 800 g/mol. The van der Waals surface area contributed by atoms with Crippen LogP contribution in [0.5, 0.6) is 0 Å². The van der Waals surface area contributed by atoms with Gasteiger partial charge in [-0.3, -0.25) is 9.69 Å². The second kappa shape index (κ2) is 20.0. The third-order valence-electron chi connectivity index (χ3n) is 11.2. The number of imidazole rings is 1. The highest BCUT2D eigenvalue weighted by atomic mass is 19.4. The molecule has 2 saturated heterocycles. The van der Waals surface area contributed by atoms with Gasteiger partial charge in [-0.2, -0.15) is 28.4 Å². The molecule has 20 heteroatoms. The van der Waals surface area contributed by atoms with E-state index in [0.29, 0.717) is 74.9 Å². The van der Waals surface area contributed by atoms with Crippen molar-refractivity contribution >= 4 is 40.8 Å². The van der Waals surface area contributed by atoms with Gasteiger partial charge in [0.15, 0.2) is 17.0 Å². The first kappa shape index (κ1) is 44.5. The number of hydrogen-bond donors (Lipinski definition) is 6. The van der Waals surface area contributed by atoms with E-state index >= 15 is 0 Å². The fraction of sp³-hybridized carbons (Fsp3) is 0.488. The van der Waals surface area contributed by atoms with Gasteiger partial charge in [0.2, 0.25) is 11.9 Å². The van der Waals surface area contributed by atoms with Gasteiger partial charge in [-0.15, -0.1) is 0 Å². The molecule has 4 aromatic rings. The van der Waals surface area contributed by atoms with E-state index in [4.69, 9.17) is 30.1 Å². The number of aromatic nitrogens is 4. The Morgan fingerprint density at radius 2 is 1.57 bits per heavy atom. The normalized spacial score (nSPS) is 21.8. The lowest BCUT2D eigenvalue weighted by Gasteiger charge is -2.34. The molecule has 2 aromatic heterocycles. The van der Waals surface area contributed by atoms with Crippen LogP contribution in [0.3, 0.4) is 0 Å². The molecule has 0 spiro atoms. The molecule has 6 N–H and O–H groups in total. The number of amides is 3. The Hall–Kier alpha value is -6.04. The number of alkyl halides is 3. The average Bonchev–Trinajstić information content (AvgIpc) is 3.98. The molecule has 0 unspecified atom stereocenters. The smallest absolute Gasteiger partial charge is 0.475 e. The zero-order chi connectivity index (χ0) is 43.7. The van der Waals surface area contributed by atoms with Gasteiger partial charge in [0.05, 0.1) is 24.5 Å². The molecular formula is C41H50F3N11O6. The largest absolute Gasteiger partial charge is 0.490 e. The molecule has 7 rings (SSSR count). The summed E-state index contributed by atoms with van der Waals surface area (Å²) < 4.78 is 33.5. The molecule has 4 heterocycles. The van der Waals surface area contributed by atoms with Crippen LogP contribution in [0.25, 0.3) is 11.2 Å². The topological polar surface area (TPSA) is 225 Å². The number of carboxylic acid groups (broad SMARTS) is 1. The zero-order valence-electron chi connectivity index (χ0n) is 33.6. The molecule has 3 aliphatic rings. The van der Waals surface area contributed by atoms with Crippen LogP contribution in [0, 0.1) is 11.3 Å². The molecule has 3 amide bonds. The second-order valence-electron chi connectivity index (χ2n) is 15.2. The minimum Gasteiger partial charge on any atom is -0.475 e. The maximum Gasteiger partial charge on any atom is 0.490 e. The number of anilines is 2. The standard InChI is InChI=1S/C39H49N11O4.C2HF3O2/c1-2-32(51)44-30-22-31(35(53)34(30)52)50-25-42-33-36(41-23-29(26-10-5-3-6-11-26)27-12-7-4-8-13-27)45-38(46-37(33)50)49-17-14-28(24-49)43-39(54)48-20-18-47(19-21-48)16-9-15-40;3-2(4,5)1(6)7/h3-8,10-13,25,28-31,34-35,52-53H,2,9,14,16-24H2,1H3,(H,43,54)(H,44,51)(H,41,45,46);(H,6,7)/t28-,30+,31-,34-,35+;/m1./s1. The summed E-state index contributed by atoms with van der Waals surface area (Å²) in [6.07, 6.45) is -3.99. The van der Waals surface area contributed by atoms with Crippen molar-refractivity contribution in [2.75, 3.05) is 62.6 Å². The lowest BCUT2D eigenvalue weighted by Crippen LogP contribution is -2.53. The van der Waals surface area contributed by atoms with Gasteiger partial charge < -0.3 is 45.6 Å². The summed E-state index contributed by atoms with van der Waals surface area (Å²) >= 11 is 0. The monoisotopic (exact) mass is 849 g/mol. The lowest BCUT2D eigenvalue weighted by molar-refractivity contribution is -0.192. The van der Waals surface area contributed by atoms with Gasteiger partial charge in [0.25, 0.3) is 0 Å². The summed E-state index contributed by atoms with van der Waals surface area (Å²) in [5.41, 5.74) is 3.33. The van der Waals surface area contributed by atoms with Crippen molar-refractivity contribution < 1.29 is 42.9 Å². The average molecular weight is 850 g/mol. The van der Waals surface area contributed by atoms with E-state index in [1.54, 1.807) is 17.8 Å². The quantitative estimate of drug-likeness (QED) is 0.121. The van der Waals surface area contributed by atoms with Gasteiger partial charge in [-0.1, -0.05) is 67.6 Å². The number of halogens is 3. The van der Waals surface area contributed by atoms with E-state index in [-0.39, 0.29) is 30.3 Å². The summed E-state index contributed by atoms with van der Waals surface area (Å²) in [5.74, 6) is -1.94. The van der Waals surface area contributed by atoms with Crippen molar-refractivity contribution in [2.24, 2.45) is 0 Å². The Morgan fingerprint density at radius 3 is 2.16 bits per heavy atom. The van der Waals surface area contributed by atoms with Gasteiger partial charge in [0, 0.05) is 77.2 Å². The molecule has 5 atom stereocenters. The fourth-order valence-electron chi connectivity index (χ4n) is 7.85. The number of aliphatic hydroxyl groups is 2. The van der Waals surface area contributed by atoms with Gasteiger partial charge in [-0.25, -0.2) is 14.6 Å². The Bertz CT molecular complexity index is 2110. The SMILES string of the molecule is CCC(=O)N[C@H]1C[C@@H](n2cnc3c(NCC(c4ccccc4)c4ccccc4)nc(N4CC[C@@H](NC(=O)N5CCN(CCC#N)CC5)C4)nc32)[C@H](O)[C@@H]1O.O=C(O)C(F)(F)F. The number of rotatable bonds is 12. The van der Waals surface area contributed by atoms with Crippen LogP contribution in [-0.4, -0.2) is 145 Å². The zero-order valence-corrected chi connectivity index (χ0v) is 33.6. The molecule has 1 saturated carbocycles. The van der Waals surface area contributed by atoms with Crippen molar-refractivity contribution in [3.63, 3.8) is 0 Å². The van der Waals surface area contributed by atoms with Crippen LogP contribution >= 0.6 is 0 Å². The summed E-state index contributed by atoms with van der Waals surface area (Å²) in [6.45, 7) is 6.85. The third-order valence-corrected chi connectivity index (χ3v) is 11.2. The highest BCUT2D eigenvalue weighted by Gasteiger charge is 2.44. The van der Waals surface area contributed by atoms with E-state index in [1.807, 2.05) is 41.3 Å². The maximum absolute atomic E-state index is 13.3. The fourth-order valence-corrected chi connectivity index (χ4v) is 7.85.